The molecule has 0 saturated carbocycles. The van der Waals surface area contributed by atoms with E-state index in [1.54, 1.807) is 38.1 Å². The number of hydrogen-bond donors (Lipinski definition) is 2. The van der Waals surface area contributed by atoms with E-state index in [0.717, 1.165) is 16.6 Å². The van der Waals surface area contributed by atoms with Gasteiger partial charge in [-0.3, -0.25) is 14.4 Å². The number of aliphatic hydroxyl groups is 1. The number of fused-ring (bicyclic) bond motifs is 1. The van der Waals surface area contributed by atoms with E-state index in [0.29, 0.717) is 61.3 Å². The van der Waals surface area contributed by atoms with Crippen molar-refractivity contribution >= 4 is 33.2 Å². The van der Waals surface area contributed by atoms with Crippen LogP contribution in [0.3, 0.4) is 0 Å². The normalized spacial score (nSPS) is 15.1. The number of amides is 1. The highest BCUT2D eigenvalue weighted by Gasteiger charge is 2.28. The first kappa shape index (κ1) is 24.3. The molecule has 1 aliphatic heterocycles. The summed E-state index contributed by atoms with van der Waals surface area (Å²) in [6.07, 6.45) is 2.85. The van der Waals surface area contributed by atoms with Gasteiger partial charge in [-0.05, 0) is 56.5 Å². The van der Waals surface area contributed by atoms with Gasteiger partial charge in [0.05, 0.1) is 11.1 Å². The fourth-order valence-corrected chi connectivity index (χ4v) is 5.32. The van der Waals surface area contributed by atoms with Crippen molar-refractivity contribution in [3.63, 3.8) is 0 Å². The summed E-state index contributed by atoms with van der Waals surface area (Å²) >= 11 is 1.40. The molecule has 2 aromatic heterocycles. The van der Waals surface area contributed by atoms with Crippen LogP contribution in [0.15, 0.2) is 34.4 Å². The Balaban J connectivity index is 1.26. The third kappa shape index (κ3) is 5.28. The molecule has 1 saturated heterocycles. The summed E-state index contributed by atoms with van der Waals surface area (Å²) in [5, 5.41) is 12.0. The number of carbonyl (C=O) groups is 2. The second-order valence-corrected chi connectivity index (χ2v) is 10.5. The molecule has 0 spiro atoms. The largest absolute Gasteiger partial charge is 0.386 e. The molecule has 4 rings (SSSR count). The van der Waals surface area contributed by atoms with Gasteiger partial charge in [0.1, 0.15) is 10.5 Å². The lowest BCUT2D eigenvalue weighted by molar-refractivity contribution is -0.132. The maximum absolute atomic E-state index is 12.9. The number of thiophene rings is 1. The van der Waals surface area contributed by atoms with Crippen molar-refractivity contribution in [2.45, 2.75) is 58.5 Å². The van der Waals surface area contributed by atoms with E-state index in [-0.39, 0.29) is 23.2 Å². The van der Waals surface area contributed by atoms with Gasteiger partial charge in [-0.1, -0.05) is 24.3 Å². The van der Waals surface area contributed by atoms with E-state index >= 15 is 0 Å². The van der Waals surface area contributed by atoms with Crippen molar-refractivity contribution < 1.29 is 14.7 Å². The van der Waals surface area contributed by atoms with Crippen molar-refractivity contribution in [1.29, 1.82) is 0 Å². The SMILES string of the molecule is Cc1csc2c(=O)[nH]c(CCCC(=O)N3CCC(C(=O)c4ccc(C(C)(C)O)cc4)CC3)nc12. The van der Waals surface area contributed by atoms with Gasteiger partial charge in [-0.25, -0.2) is 4.98 Å². The minimum Gasteiger partial charge on any atom is -0.386 e. The predicted molar refractivity (Wildman–Crippen MR) is 133 cm³/mol. The summed E-state index contributed by atoms with van der Waals surface area (Å²) in [5.74, 6) is 0.706. The summed E-state index contributed by atoms with van der Waals surface area (Å²) in [6, 6.07) is 7.15. The van der Waals surface area contributed by atoms with Gasteiger partial charge >= 0.3 is 0 Å². The molecule has 2 N–H and O–H groups in total. The number of likely N-dealkylation sites (tertiary alicyclic amines) is 1. The molecule has 0 unspecified atom stereocenters. The quantitative estimate of drug-likeness (QED) is 0.497. The van der Waals surface area contributed by atoms with Gasteiger partial charge in [0.15, 0.2) is 5.78 Å². The summed E-state index contributed by atoms with van der Waals surface area (Å²) in [5.41, 5.74) is 2.11. The number of rotatable bonds is 7. The fourth-order valence-electron chi connectivity index (χ4n) is 4.44. The van der Waals surface area contributed by atoms with Crippen LogP contribution in [0.25, 0.3) is 10.2 Å². The summed E-state index contributed by atoms with van der Waals surface area (Å²) in [4.78, 5) is 47.0. The highest BCUT2D eigenvalue weighted by molar-refractivity contribution is 7.17. The van der Waals surface area contributed by atoms with Crippen LogP contribution in [0.2, 0.25) is 0 Å². The standard InChI is InChI=1S/C26H31N3O4S/c1-16-15-34-24-22(16)27-20(28-25(24)32)5-4-6-21(30)29-13-11-18(12-14-29)23(31)17-7-9-19(10-8-17)26(2,3)33/h7-10,15,18,33H,4-6,11-14H2,1-3H3,(H,27,28,32). The second kappa shape index (κ2) is 9.80. The van der Waals surface area contributed by atoms with E-state index < -0.39 is 5.60 Å². The van der Waals surface area contributed by atoms with E-state index in [4.69, 9.17) is 0 Å². The fraction of sp³-hybridized carbons (Fsp3) is 0.462. The summed E-state index contributed by atoms with van der Waals surface area (Å²) in [6.45, 7) is 6.53. The van der Waals surface area contributed by atoms with Crippen LogP contribution in [0, 0.1) is 12.8 Å². The van der Waals surface area contributed by atoms with E-state index in [9.17, 15) is 19.5 Å². The Hall–Kier alpha value is -2.84. The van der Waals surface area contributed by atoms with Crippen molar-refractivity contribution in [1.82, 2.24) is 14.9 Å². The molecule has 1 aromatic carbocycles. The molecule has 1 aliphatic rings. The Bertz CT molecular complexity index is 1250. The number of aromatic nitrogens is 2. The van der Waals surface area contributed by atoms with Crippen molar-refractivity contribution in [2.75, 3.05) is 13.1 Å². The number of nitrogens with zero attached hydrogens (tertiary/aromatic N) is 2. The molecular formula is C26H31N3O4S. The molecule has 8 heteroatoms. The van der Waals surface area contributed by atoms with Crippen molar-refractivity contribution in [3.8, 4) is 0 Å². The lowest BCUT2D eigenvalue weighted by Gasteiger charge is -2.31. The van der Waals surface area contributed by atoms with E-state index in [1.165, 1.54) is 11.3 Å². The lowest BCUT2D eigenvalue weighted by Crippen LogP contribution is -2.40. The molecule has 0 aliphatic carbocycles. The molecule has 3 heterocycles. The minimum atomic E-state index is -0.936. The monoisotopic (exact) mass is 481 g/mol. The molecule has 1 amide bonds. The highest BCUT2D eigenvalue weighted by Crippen LogP contribution is 2.25. The number of hydrogen-bond acceptors (Lipinski definition) is 6. The number of carbonyl (C=O) groups excluding carboxylic acids is 2. The molecular weight excluding hydrogens is 450 g/mol. The van der Waals surface area contributed by atoms with Crippen molar-refractivity contribution in [3.05, 3.63) is 62.5 Å². The smallest absolute Gasteiger partial charge is 0.268 e. The number of piperidine rings is 1. The Kier molecular flexibility index (Phi) is 7.00. The molecule has 1 fully saturated rings. The zero-order valence-corrected chi connectivity index (χ0v) is 20.7. The molecule has 7 nitrogen and oxygen atoms in total. The van der Waals surface area contributed by atoms with Crippen LogP contribution in [-0.2, 0) is 16.8 Å². The third-order valence-corrected chi connectivity index (χ3v) is 7.64. The van der Waals surface area contributed by atoms with E-state index in [2.05, 4.69) is 9.97 Å². The number of H-pyrrole nitrogens is 1. The Morgan fingerprint density at radius 2 is 1.88 bits per heavy atom. The van der Waals surface area contributed by atoms with Crippen LogP contribution in [0.1, 0.15) is 66.8 Å². The number of aryl methyl sites for hydroxylation is 2. The summed E-state index contributed by atoms with van der Waals surface area (Å²) in [7, 11) is 0. The topological polar surface area (TPSA) is 103 Å². The highest BCUT2D eigenvalue weighted by atomic mass is 32.1. The summed E-state index contributed by atoms with van der Waals surface area (Å²) < 4.78 is 0.642. The number of aromatic amines is 1. The van der Waals surface area contributed by atoms with Crippen LogP contribution in [0.5, 0.6) is 0 Å². The predicted octanol–water partition coefficient (Wildman–Crippen LogP) is 3.96. The van der Waals surface area contributed by atoms with Crippen molar-refractivity contribution in [2.24, 2.45) is 5.92 Å². The average molecular weight is 482 g/mol. The molecule has 34 heavy (non-hydrogen) atoms. The number of benzene rings is 1. The number of nitrogens with one attached hydrogen (secondary N) is 1. The Morgan fingerprint density at radius 3 is 2.53 bits per heavy atom. The van der Waals surface area contributed by atoms with Crippen LogP contribution >= 0.6 is 11.3 Å². The average Bonchev–Trinajstić information content (AvgIpc) is 3.19. The van der Waals surface area contributed by atoms with Gasteiger partial charge in [0.2, 0.25) is 5.91 Å². The first-order valence-corrected chi connectivity index (χ1v) is 12.6. The maximum atomic E-state index is 12.9. The van der Waals surface area contributed by atoms with Gasteiger partial charge in [-0.2, -0.15) is 0 Å². The van der Waals surface area contributed by atoms with Gasteiger partial charge in [-0.15, -0.1) is 11.3 Å². The van der Waals surface area contributed by atoms with E-state index in [1.807, 2.05) is 17.2 Å². The maximum Gasteiger partial charge on any atom is 0.268 e. The number of ketones is 1. The Labute approximate surface area is 202 Å². The zero-order chi connectivity index (χ0) is 24.5. The second-order valence-electron chi connectivity index (χ2n) is 9.62. The van der Waals surface area contributed by atoms with Crippen LogP contribution in [0.4, 0.5) is 0 Å². The molecule has 0 bridgehead atoms. The van der Waals surface area contributed by atoms with Gasteiger partial charge < -0.3 is 15.0 Å². The third-order valence-electron chi connectivity index (χ3n) is 6.55. The van der Waals surface area contributed by atoms with Crippen LogP contribution < -0.4 is 5.56 Å². The van der Waals surface area contributed by atoms with Gasteiger partial charge in [0.25, 0.3) is 5.56 Å². The minimum absolute atomic E-state index is 0.0792. The van der Waals surface area contributed by atoms with Crippen LogP contribution in [-0.4, -0.2) is 44.8 Å². The number of Topliss-reactive ketones (excluding diaryl/α,β-unsaturated/α-hetero) is 1. The first-order chi connectivity index (χ1) is 16.1. The zero-order valence-electron chi connectivity index (χ0n) is 19.9. The molecule has 0 radical (unpaired) electrons. The molecule has 180 valence electrons. The molecule has 3 aromatic rings. The molecule has 0 atom stereocenters. The van der Waals surface area contributed by atoms with Gasteiger partial charge in [0, 0.05) is 37.4 Å². The lowest BCUT2D eigenvalue weighted by atomic mass is 9.87. The first-order valence-electron chi connectivity index (χ1n) is 11.8. The Morgan fingerprint density at radius 1 is 1.21 bits per heavy atom.